The van der Waals surface area contributed by atoms with Crippen molar-refractivity contribution in [1.29, 1.82) is 0 Å². The summed E-state index contributed by atoms with van der Waals surface area (Å²) < 4.78 is 13.9. The van der Waals surface area contributed by atoms with Gasteiger partial charge < -0.3 is 10.6 Å². The summed E-state index contributed by atoms with van der Waals surface area (Å²) in [5.74, 6) is -0.154. The topological polar surface area (TPSA) is 29.3 Å². The lowest BCUT2D eigenvalue weighted by atomic mass is 9.91. The normalized spacial score (nSPS) is 12.2. The Kier molecular flexibility index (Phi) is 5.96. The number of benzene rings is 2. The van der Waals surface area contributed by atoms with Gasteiger partial charge in [0.15, 0.2) is 0 Å². The van der Waals surface area contributed by atoms with Crippen LogP contribution in [0, 0.1) is 5.82 Å². The van der Waals surface area contributed by atoms with Gasteiger partial charge in [-0.2, -0.15) is 0 Å². The predicted octanol–water partition coefficient (Wildman–Crippen LogP) is 3.96. The van der Waals surface area contributed by atoms with Crippen molar-refractivity contribution in [2.75, 3.05) is 24.5 Å². The molecule has 0 aliphatic heterocycles. The molecule has 2 rings (SSSR count). The quantitative estimate of drug-likeness (QED) is 0.838. The molecule has 1 atom stereocenters. The highest BCUT2D eigenvalue weighted by molar-refractivity contribution is 5.47. The van der Waals surface area contributed by atoms with Gasteiger partial charge in [-0.1, -0.05) is 30.3 Å². The maximum Gasteiger partial charge on any atom is 0.126 e. The Labute approximate surface area is 132 Å². The minimum atomic E-state index is -0.169. The highest BCUT2D eigenvalue weighted by atomic mass is 19.1. The van der Waals surface area contributed by atoms with E-state index in [-0.39, 0.29) is 11.7 Å². The average Bonchev–Trinajstić information content (AvgIpc) is 2.56. The molecule has 0 bridgehead atoms. The summed E-state index contributed by atoms with van der Waals surface area (Å²) in [5, 5.41) is 0. The van der Waals surface area contributed by atoms with Crippen molar-refractivity contribution in [3.63, 3.8) is 0 Å². The van der Waals surface area contributed by atoms with Gasteiger partial charge in [-0.15, -0.1) is 0 Å². The van der Waals surface area contributed by atoms with Crippen LogP contribution in [-0.4, -0.2) is 19.6 Å². The van der Waals surface area contributed by atoms with Gasteiger partial charge in [0, 0.05) is 24.7 Å². The second kappa shape index (κ2) is 7.95. The third kappa shape index (κ3) is 3.86. The lowest BCUT2D eigenvalue weighted by molar-refractivity contribution is 0.576. The first-order valence-electron chi connectivity index (χ1n) is 7.97. The van der Waals surface area contributed by atoms with Gasteiger partial charge in [0.1, 0.15) is 5.82 Å². The van der Waals surface area contributed by atoms with Gasteiger partial charge >= 0.3 is 0 Å². The molecular formula is C19H25FN2. The maximum atomic E-state index is 13.9. The van der Waals surface area contributed by atoms with Gasteiger partial charge in [-0.05, 0) is 56.1 Å². The van der Waals surface area contributed by atoms with Crippen LogP contribution in [0.25, 0.3) is 0 Å². The van der Waals surface area contributed by atoms with Crippen LogP contribution < -0.4 is 10.6 Å². The van der Waals surface area contributed by atoms with E-state index in [1.807, 2.05) is 12.1 Å². The molecule has 2 N–H and O–H groups in total. The monoisotopic (exact) mass is 300 g/mol. The Balaban J connectivity index is 2.13. The molecule has 2 aromatic carbocycles. The molecule has 0 fully saturated rings. The van der Waals surface area contributed by atoms with E-state index in [0.29, 0.717) is 12.1 Å². The van der Waals surface area contributed by atoms with Crippen LogP contribution in [0.3, 0.4) is 0 Å². The first-order chi connectivity index (χ1) is 10.7. The summed E-state index contributed by atoms with van der Waals surface area (Å²) in [5.41, 5.74) is 8.99. The molecule has 0 radical (unpaired) electrons. The Bertz CT molecular complexity index is 576. The van der Waals surface area contributed by atoms with E-state index in [2.05, 4.69) is 43.0 Å². The number of anilines is 1. The zero-order valence-electron chi connectivity index (χ0n) is 13.4. The van der Waals surface area contributed by atoms with Crippen molar-refractivity contribution >= 4 is 5.69 Å². The van der Waals surface area contributed by atoms with Gasteiger partial charge in [0.2, 0.25) is 0 Å². The summed E-state index contributed by atoms with van der Waals surface area (Å²) in [6.45, 7) is 6.74. The maximum absolute atomic E-state index is 13.9. The molecule has 0 saturated heterocycles. The molecule has 0 aliphatic rings. The number of nitrogens with zero attached hydrogens (tertiary/aromatic N) is 1. The van der Waals surface area contributed by atoms with E-state index < -0.39 is 0 Å². The third-order valence-electron chi connectivity index (χ3n) is 4.18. The minimum absolute atomic E-state index is 0.0144. The minimum Gasteiger partial charge on any atom is -0.372 e. The second-order valence-corrected chi connectivity index (χ2v) is 5.50. The van der Waals surface area contributed by atoms with Crippen LogP contribution in [0.15, 0.2) is 48.5 Å². The molecule has 0 aliphatic carbocycles. The molecule has 2 nitrogen and oxygen atoms in total. The number of halogens is 1. The molecule has 2 aromatic rings. The van der Waals surface area contributed by atoms with Crippen molar-refractivity contribution < 1.29 is 4.39 Å². The van der Waals surface area contributed by atoms with Crippen LogP contribution in [-0.2, 0) is 6.42 Å². The molecule has 1 unspecified atom stereocenters. The zero-order valence-corrected chi connectivity index (χ0v) is 13.4. The van der Waals surface area contributed by atoms with Crippen molar-refractivity contribution in [1.82, 2.24) is 0 Å². The SMILES string of the molecule is CCN(CC)c1ccc(CC(CN)c2ccccc2F)cc1. The number of rotatable bonds is 7. The number of hydrogen-bond donors (Lipinski definition) is 1. The second-order valence-electron chi connectivity index (χ2n) is 5.50. The lowest BCUT2D eigenvalue weighted by Gasteiger charge is -2.22. The fourth-order valence-electron chi connectivity index (χ4n) is 2.84. The van der Waals surface area contributed by atoms with Crippen molar-refractivity contribution in [3.05, 3.63) is 65.5 Å². The Morgan fingerprint density at radius 1 is 1.00 bits per heavy atom. The summed E-state index contributed by atoms with van der Waals surface area (Å²) in [4.78, 5) is 2.31. The van der Waals surface area contributed by atoms with Gasteiger partial charge in [-0.3, -0.25) is 0 Å². The molecule has 0 spiro atoms. The van der Waals surface area contributed by atoms with Gasteiger partial charge in [0.05, 0.1) is 0 Å². The van der Waals surface area contributed by atoms with Gasteiger partial charge in [0.25, 0.3) is 0 Å². The first kappa shape index (κ1) is 16.5. The van der Waals surface area contributed by atoms with Gasteiger partial charge in [-0.25, -0.2) is 4.39 Å². The average molecular weight is 300 g/mol. The smallest absolute Gasteiger partial charge is 0.126 e. The van der Waals surface area contributed by atoms with E-state index in [1.165, 1.54) is 17.3 Å². The van der Waals surface area contributed by atoms with Crippen molar-refractivity contribution in [2.45, 2.75) is 26.2 Å². The molecule has 3 heteroatoms. The van der Waals surface area contributed by atoms with E-state index in [1.54, 1.807) is 6.07 Å². The molecule has 22 heavy (non-hydrogen) atoms. The highest BCUT2D eigenvalue weighted by Crippen LogP contribution is 2.24. The fraction of sp³-hybridized carbons (Fsp3) is 0.368. The third-order valence-corrected chi connectivity index (χ3v) is 4.18. The largest absolute Gasteiger partial charge is 0.372 e. The Morgan fingerprint density at radius 3 is 2.18 bits per heavy atom. The Morgan fingerprint density at radius 2 is 1.64 bits per heavy atom. The molecular weight excluding hydrogens is 275 g/mol. The summed E-state index contributed by atoms with van der Waals surface area (Å²) in [6, 6.07) is 15.4. The molecule has 118 valence electrons. The van der Waals surface area contributed by atoms with Crippen LogP contribution in [0.2, 0.25) is 0 Å². The van der Waals surface area contributed by atoms with Crippen LogP contribution in [0.1, 0.15) is 30.9 Å². The fourth-order valence-corrected chi connectivity index (χ4v) is 2.84. The van der Waals surface area contributed by atoms with Crippen molar-refractivity contribution in [3.8, 4) is 0 Å². The zero-order chi connectivity index (χ0) is 15.9. The molecule has 0 amide bonds. The number of nitrogens with two attached hydrogens (primary N) is 1. The first-order valence-corrected chi connectivity index (χ1v) is 7.97. The van der Waals surface area contributed by atoms with Crippen LogP contribution >= 0.6 is 0 Å². The lowest BCUT2D eigenvalue weighted by Crippen LogP contribution is -2.21. The van der Waals surface area contributed by atoms with E-state index in [0.717, 1.165) is 19.5 Å². The van der Waals surface area contributed by atoms with Crippen molar-refractivity contribution in [2.24, 2.45) is 5.73 Å². The van der Waals surface area contributed by atoms with E-state index in [4.69, 9.17) is 5.73 Å². The number of hydrogen-bond acceptors (Lipinski definition) is 2. The molecule has 0 saturated carbocycles. The highest BCUT2D eigenvalue weighted by Gasteiger charge is 2.14. The van der Waals surface area contributed by atoms with Crippen LogP contribution in [0.4, 0.5) is 10.1 Å². The van der Waals surface area contributed by atoms with E-state index in [9.17, 15) is 4.39 Å². The predicted molar refractivity (Wildman–Crippen MR) is 91.9 cm³/mol. The summed E-state index contributed by atoms with van der Waals surface area (Å²) >= 11 is 0. The Hall–Kier alpha value is -1.87. The summed E-state index contributed by atoms with van der Waals surface area (Å²) in [6.07, 6.45) is 0.760. The standard InChI is InChI=1S/C19H25FN2/c1-3-22(4-2)17-11-9-15(10-12-17)13-16(14-21)18-7-5-6-8-19(18)20/h5-12,16H,3-4,13-14,21H2,1-2H3. The molecule has 0 aromatic heterocycles. The van der Waals surface area contributed by atoms with Crippen LogP contribution in [0.5, 0.6) is 0 Å². The summed E-state index contributed by atoms with van der Waals surface area (Å²) in [7, 11) is 0. The molecule has 0 heterocycles. The van der Waals surface area contributed by atoms with E-state index >= 15 is 0 Å².